The fourth-order valence-corrected chi connectivity index (χ4v) is 5.73. The lowest BCUT2D eigenvalue weighted by molar-refractivity contribution is -0.115. The van der Waals surface area contributed by atoms with Gasteiger partial charge in [-0.2, -0.15) is 5.26 Å². The highest BCUT2D eigenvalue weighted by atomic mass is 32.1. The molecule has 0 unspecified atom stereocenters. The average Bonchev–Trinajstić information content (AvgIpc) is 3.61. The molecule has 0 atom stereocenters. The molecule has 0 aliphatic rings. The van der Waals surface area contributed by atoms with Gasteiger partial charge in [0.15, 0.2) is 5.57 Å². The lowest BCUT2D eigenvalue weighted by Crippen LogP contribution is -2.34. The van der Waals surface area contributed by atoms with Crippen molar-refractivity contribution in [2.24, 2.45) is 0 Å². The second-order valence-corrected chi connectivity index (χ2v) is 11.0. The van der Waals surface area contributed by atoms with Gasteiger partial charge in [0.25, 0.3) is 17.4 Å². The van der Waals surface area contributed by atoms with Crippen molar-refractivity contribution in [3.63, 3.8) is 0 Å². The summed E-state index contributed by atoms with van der Waals surface area (Å²) in [5.74, 6) is -0.332. The van der Waals surface area contributed by atoms with Crippen LogP contribution in [0.1, 0.15) is 38.4 Å². The van der Waals surface area contributed by atoms with Crippen molar-refractivity contribution in [1.29, 1.82) is 5.26 Å². The standard InChI is InChI=1S/C34H28N4O4S/c1-21-12-14-25(15-13-21)31(39)37-26-10-5-9-24(17-26)18-29-33(41)38(30-22(2)7-4-8-23(30)3)34(43-29)28(19-35)32(40)36-20-27-11-6-16-42-27/h4-18H,20H2,1-3H3,(H,36,40)(H,37,39). The highest BCUT2D eigenvalue weighted by Crippen LogP contribution is 2.17. The molecule has 2 heterocycles. The van der Waals surface area contributed by atoms with Gasteiger partial charge in [0, 0.05) is 11.3 Å². The van der Waals surface area contributed by atoms with E-state index in [-0.39, 0.29) is 28.2 Å². The fraction of sp³-hybridized carbons (Fsp3) is 0.118. The number of anilines is 1. The maximum Gasteiger partial charge on any atom is 0.273 e. The third kappa shape index (κ3) is 6.40. The number of furan rings is 1. The van der Waals surface area contributed by atoms with Crippen molar-refractivity contribution < 1.29 is 14.0 Å². The van der Waals surface area contributed by atoms with Crippen molar-refractivity contribution in [1.82, 2.24) is 9.88 Å². The topological polar surface area (TPSA) is 117 Å². The Morgan fingerprint density at radius 3 is 2.37 bits per heavy atom. The second kappa shape index (κ2) is 12.6. The van der Waals surface area contributed by atoms with Crippen LogP contribution in [-0.2, 0) is 11.3 Å². The van der Waals surface area contributed by atoms with E-state index in [2.05, 4.69) is 10.6 Å². The van der Waals surface area contributed by atoms with Gasteiger partial charge in [-0.1, -0.05) is 48.0 Å². The zero-order valence-corrected chi connectivity index (χ0v) is 24.6. The number of hydrogen-bond acceptors (Lipinski definition) is 6. The molecule has 0 radical (unpaired) electrons. The number of nitrogens with zero attached hydrogens (tertiary/aromatic N) is 2. The van der Waals surface area contributed by atoms with Gasteiger partial charge in [0.1, 0.15) is 16.5 Å². The Kier molecular flexibility index (Phi) is 8.51. The van der Waals surface area contributed by atoms with Gasteiger partial charge in [0.2, 0.25) is 0 Å². The SMILES string of the molecule is Cc1ccc(C(=O)Nc2cccc(C=c3sc(=C(C#N)C(=O)NCc4ccco4)n(-c4c(C)cccc4C)c3=O)c2)cc1. The summed E-state index contributed by atoms with van der Waals surface area (Å²) < 4.78 is 7.27. The molecule has 9 heteroatoms. The first-order valence-electron chi connectivity index (χ1n) is 13.5. The number of benzene rings is 3. The molecule has 0 bridgehead atoms. The normalized spacial score (nSPS) is 12.0. The lowest BCUT2D eigenvalue weighted by atomic mass is 10.1. The summed E-state index contributed by atoms with van der Waals surface area (Å²) in [5.41, 5.74) is 4.53. The minimum absolute atomic E-state index is 0.0933. The second-order valence-electron chi connectivity index (χ2n) is 9.99. The van der Waals surface area contributed by atoms with Crippen LogP contribution in [0.4, 0.5) is 5.69 Å². The first kappa shape index (κ1) is 29.0. The molecule has 0 spiro atoms. The van der Waals surface area contributed by atoms with Gasteiger partial charge in [-0.15, -0.1) is 11.3 Å². The number of amides is 2. The Hall–Kier alpha value is -5.46. The van der Waals surface area contributed by atoms with Crippen molar-refractivity contribution in [2.45, 2.75) is 27.3 Å². The summed E-state index contributed by atoms with van der Waals surface area (Å²) in [5, 5.41) is 15.7. The number of para-hydroxylation sites is 1. The van der Waals surface area contributed by atoms with Crippen LogP contribution in [0.25, 0.3) is 17.3 Å². The van der Waals surface area contributed by atoms with Crippen LogP contribution < -0.4 is 25.4 Å². The largest absolute Gasteiger partial charge is 0.467 e. The maximum absolute atomic E-state index is 14.0. The number of rotatable bonds is 7. The van der Waals surface area contributed by atoms with Gasteiger partial charge in [0.05, 0.1) is 23.0 Å². The summed E-state index contributed by atoms with van der Waals surface area (Å²) in [4.78, 5) is 39.9. The minimum atomic E-state index is -0.618. The molecule has 0 aliphatic carbocycles. The number of nitrogens with one attached hydrogen (secondary N) is 2. The predicted octanol–water partition coefficient (Wildman–Crippen LogP) is 4.49. The van der Waals surface area contributed by atoms with Crippen molar-refractivity contribution in [2.75, 3.05) is 5.32 Å². The van der Waals surface area contributed by atoms with E-state index in [4.69, 9.17) is 4.42 Å². The number of aromatic nitrogens is 1. The predicted molar refractivity (Wildman–Crippen MR) is 167 cm³/mol. The third-order valence-corrected chi connectivity index (χ3v) is 7.89. The Labute approximate surface area is 251 Å². The molecule has 8 nitrogen and oxygen atoms in total. The molecule has 5 rings (SSSR count). The number of carbonyl (C=O) groups is 2. The van der Waals surface area contributed by atoms with Crippen LogP contribution in [0.2, 0.25) is 0 Å². The van der Waals surface area contributed by atoms with E-state index in [1.807, 2.05) is 63.2 Å². The first-order chi connectivity index (χ1) is 20.7. The quantitative estimate of drug-likeness (QED) is 0.291. The van der Waals surface area contributed by atoms with Gasteiger partial charge < -0.3 is 15.1 Å². The lowest BCUT2D eigenvalue weighted by Gasteiger charge is -2.11. The fourth-order valence-electron chi connectivity index (χ4n) is 4.64. The Morgan fingerprint density at radius 2 is 1.70 bits per heavy atom. The minimum Gasteiger partial charge on any atom is -0.467 e. The summed E-state index contributed by atoms with van der Waals surface area (Å²) in [7, 11) is 0. The highest BCUT2D eigenvalue weighted by Gasteiger charge is 2.19. The molecule has 5 aromatic rings. The van der Waals surface area contributed by atoms with E-state index in [1.54, 1.807) is 48.5 Å². The molecule has 214 valence electrons. The monoisotopic (exact) mass is 588 g/mol. The number of aryl methyl sites for hydroxylation is 3. The van der Waals surface area contributed by atoms with Crippen molar-refractivity contribution >= 4 is 40.5 Å². The number of thiazole rings is 1. The van der Waals surface area contributed by atoms with Crippen molar-refractivity contribution in [3.8, 4) is 11.8 Å². The van der Waals surface area contributed by atoms with Crippen LogP contribution in [0.15, 0.2) is 94.3 Å². The van der Waals surface area contributed by atoms with E-state index in [9.17, 15) is 19.6 Å². The molecule has 43 heavy (non-hydrogen) atoms. The Balaban J connectivity index is 1.60. The molecule has 0 aliphatic heterocycles. The summed E-state index contributed by atoms with van der Waals surface area (Å²) in [6.07, 6.45) is 3.19. The average molecular weight is 589 g/mol. The molecule has 3 aromatic carbocycles. The molecular formula is C34H28N4O4S. The van der Waals surface area contributed by atoms with Crippen LogP contribution >= 0.6 is 11.3 Å². The molecule has 2 amide bonds. The van der Waals surface area contributed by atoms with Crippen LogP contribution in [-0.4, -0.2) is 16.4 Å². The van der Waals surface area contributed by atoms with Gasteiger partial charge >= 0.3 is 0 Å². The van der Waals surface area contributed by atoms with Crippen molar-refractivity contribution in [3.05, 3.63) is 138 Å². The van der Waals surface area contributed by atoms with Gasteiger partial charge in [-0.05, 0) is 79.9 Å². The molecule has 0 saturated heterocycles. The highest BCUT2D eigenvalue weighted by molar-refractivity contribution is 7.07. The smallest absolute Gasteiger partial charge is 0.273 e. The van der Waals surface area contributed by atoms with E-state index in [0.29, 0.717) is 32.8 Å². The summed E-state index contributed by atoms with van der Waals surface area (Å²) in [6, 6.07) is 25.5. The zero-order valence-electron chi connectivity index (χ0n) is 23.8. The molecule has 2 N–H and O–H groups in total. The van der Waals surface area contributed by atoms with Crippen LogP contribution in [0, 0.1) is 32.1 Å². The first-order valence-corrected chi connectivity index (χ1v) is 14.3. The van der Waals surface area contributed by atoms with Gasteiger partial charge in [-0.3, -0.25) is 19.0 Å². The van der Waals surface area contributed by atoms with Crippen LogP contribution in [0.5, 0.6) is 0 Å². The zero-order chi connectivity index (χ0) is 30.5. The number of carbonyl (C=O) groups excluding carboxylic acids is 2. The molecule has 0 fully saturated rings. The van der Waals surface area contributed by atoms with E-state index >= 15 is 0 Å². The van der Waals surface area contributed by atoms with E-state index < -0.39 is 5.91 Å². The maximum atomic E-state index is 14.0. The van der Waals surface area contributed by atoms with Crippen LogP contribution in [0.3, 0.4) is 0 Å². The number of hydrogen-bond donors (Lipinski definition) is 2. The third-order valence-electron chi connectivity index (χ3n) is 6.80. The summed E-state index contributed by atoms with van der Waals surface area (Å²) in [6.45, 7) is 5.80. The van der Waals surface area contributed by atoms with E-state index in [0.717, 1.165) is 28.0 Å². The molecular weight excluding hydrogens is 560 g/mol. The molecule has 0 saturated carbocycles. The van der Waals surface area contributed by atoms with E-state index in [1.165, 1.54) is 10.8 Å². The molecule has 2 aromatic heterocycles. The number of nitriles is 1. The Morgan fingerprint density at radius 1 is 0.977 bits per heavy atom. The van der Waals surface area contributed by atoms with Gasteiger partial charge in [-0.25, -0.2) is 0 Å². The summed E-state index contributed by atoms with van der Waals surface area (Å²) >= 11 is 1.06. The Bertz CT molecular complexity index is 2030.